The monoisotopic (exact) mass is 796 g/mol. The third-order valence-corrected chi connectivity index (χ3v) is 9.71. The zero-order valence-corrected chi connectivity index (χ0v) is 30.1. The predicted octanol–water partition coefficient (Wildman–Crippen LogP) is -2.40. The molecule has 0 aliphatic carbocycles. The Bertz CT molecular complexity index is 1870. The molecule has 0 saturated carbocycles. The highest BCUT2D eigenvalue weighted by Gasteiger charge is 2.53. The van der Waals surface area contributed by atoms with Crippen LogP contribution >= 0.6 is 0 Å². The molecular formula is C36H44O20. The van der Waals surface area contributed by atoms with Crippen LogP contribution in [0.5, 0.6) is 17.2 Å². The summed E-state index contributed by atoms with van der Waals surface area (Å²) >= 11 is 0. The van der Waals surface area contributed by atoms with E-state index in [1.165, 1.54) is 26.2 Å². The molecule has 0 unspecified atom stereocenters. The third kappa shape index (κ3) is 8.48. The third-order valence-electron chi connectivity index (χ3n) is 9.71. The fraction of sp³-hybridized carbons (Fsp3) is 0.556. The predicted molar refractivity (Wildman–Crippen MR) is 184 cm³/mol. The number of benzene rings is 2. The van der Waals surface area contributed by atoms with E-state index in [-0.39, 0.29) is 22.5 Å². The summed E-state index contributed by atoms with van der Waals surface area (Å²) < 4.78 is 50.9. The highest BCUT2D eigenvalue weighted by molar-refractivity contribution is 5.86. The van der Waals surface area contributed by atoms with Gasteiger partial charge in [-0.15, -0.1) is 0 Å². The second-order valence-corrected chi connectivity index (χ2v) is 13.6. The molecule has 9 N–H and O–H groups in total. The molecule has 2 aromatic carbocycles. The summed E-state index contributed by atoms with van der Waals surface area (Å²) in [5.41, 5.74) is -0.249. The Morgan fingerprint density at radius 3 is 2.07 bits per heavy atom. The summed E-state index contributed by atoms with van der Waals surface area (Å²) in [6.07, 6.45) is -24.9. The zero-order valence-electron chi connectivity index (χ0n) is 30.1. The maximum Gasteiger partial charge on any atom is 0.303 e. The molecule has 0 radical (unpaired) electrons. The van der Waals surface area contributed by atoms with Crippen molar-refractivity contribution in [3.8, 4) is 28.6 Å². The van der Waals surface area contributed by atoms with Crippen molar-refractivity contribution in [1.29, 1.82) is 0 Å². The van der Waals surface area contributed by atoms with E-state index < -0.39 is 122 Å². The van der Waals surface area contributed by atoms with Crippen molar-refractivity contribution in [2.45, 2.75) is 106 Å². The van der Waals surface area contributed by atoms with Crippen LogP contribution in [0.25, 0.3) is 22.3 Å². The van der Waals surface area contributed by atoms with Crippen molar-refractivity contribution in [2.75, 3.05) is 20.3 Å². The summed E-state index contributed by atoms with van der Waals surface area (Å²) in [6.45, 7) is 0.978. The molecule has 20 heteroatoms. The summed E-state index contributed by atoms with van der Waals surface area (Å²) in [7, 11) is 1.49. The van der Waals surface area contributed by atoms with Gasteiger partial charge < -0.3 is 88.3 Å². The number of methoxy groups -OCH3 is 1. The highest BCUT2D eigenvalue weighted by atomic mass is 16.8. The quantitative estimate of drug-likeness (QED) is 0.0914. The molecular weight excluding hydrogens is 752 g/mol. The maximum atomic E-state index is 13.1. The minimum absolute atomic E-state index is 0.122. The van der Waals surface area contributed by atoms with Crippen LogP contribution < -0.4 is 14.9 Å². The van der Waals surface area contributed by atoms with Crippen molar-refractivity contribution in [2.24, 2.45) is 0 Å². The average molecular weight is 797 g/mol. The summed E-state index contributed by atoms with van der Waals surface area (Å²) in [4.78, 5) is 25.1. The molecule has 308 valence electrons. The number of fused-ring (bicyclic) bond motifs is 1. The van der Waals surface area contributed by atoms with Crippen LogP contribution in [-0.2, 0) is 33.2 Å². The molecule has 3 aliphatic rings. The Labute approximate surface area is 317 Å². The van der Waals surface area contributed by atoms with E-state index in [0.29, 0.717) is 11.3 Å². The number of aromatic hydroxyl groups is 1. The molecule has 15 atom stereocenters. The number of carbonyl (C=O) groups excluding carboxylic acids is 1. The fourth-order valence-electron chi connectivity index (χ4n) is 6.60. The van der Waals surface area contributed by atoms with Crippen molar-refractivity contribution < 1.29 is 93.1 Å². The first-order chi connectivity index (χ1) is 26.6. The van der Waals surface area contributed by atoms with E-state index >= 15 is 0 Å². The first-order valence-corrected chi connectivity index (χ1v) is 17.5. The van der Waals surface area contributed by atoms with E-state index in [9.17, 15) is 55.5 Å². The molecule has 0 amide bonds. The molecule has 6 rings (SSSR count). The van der Waals surface area contributed by atoms with Crippen LogP contribution in [0.4, 0.5) is 0 Å². The molecule has 4 heterocycles. The number of phenols is 1. The molecule has 3 saturated heterocycles. The standard InChI is InChI=1S/C36H44O20/c1-13-25(41)28(44)31(47)34(50-13)49-12-23-27(43)30(46)33(56-36-32(51-14(2)38)29(45)26(42)22(11-37)54-36)35(55-23)52-17-8-18(39)24-19(40)10-20(53-21(24)9-17)15-4-6-16(48-3)7-5-15/h4-10,13,22-23,25-37,39,41-47H,11-12H2,1-3H3/t13-,22+,23+,25-,26+,27+,28+,29-,30-,31+,32+,33+,34+,35+,36-/m1/s1. The van der Waals surface area contributed by atoms with Crippen LogP contribution in [0, 0.1) is 0 Å². The van der Waals surface area contributed by atoms with Crippen molar-refractivity contribution >= 4 is 16.9 Å². The van der Waals surface area contributed by atoms with Crippen molar-refractivity contribution in [3.63, 3.8) is 0 Å². The lowest BCUT2D eigenvalue weighted by Crippen LogP contribution is -2.66. The van der Waals surface area contributed by atoms with Gasteiger partial charge in [0.15, 0.2) is 30.2 Å². The normalized spacial score (nSPS) is 36.2. The fourth-order valence-corrected chi connectivity index (χ4v) is 6.60. The molecule has 3 fully saturated rings. The first-order valence-electron chi connectivity index (χ1n) is 17.5. The van der Waals surface area contributed by atoms with E-state index in [1.807, 2.05) is 0 Å². The van der Waals surface area contributed by atoms with Gasteiger partial charge in [-0.25, -0.2) is 0 Å². The second-order valence-electron chi connectivity index (χ2n) is 13.6. The van der Waals surface area contributed by atoms with Gasteiger partial charge in [0.1, 0.15) is 88.9 Å². The SMILES string of the molecule is COc1ccc(-c2cc(=O)c3c(O)cc(O[C@H]4O[C@@H](CO[C@H]5O[C@H](C)[C@@H](O)[C@H](O)[C@@H]5O)[C@H](O)[C@@H](O)[C@@H]4O[C@H]4O[C@@H](CO)[C@H](O)[C@@H](O)[C@@H]4OC(C)=O)cc3o2)cc1. The average Bonchev–Trinajstić information content (AvgIpc) is 3.17. The number of esters is 1. The number of ether oxygens (including phenoxy) is 8. The summed E-state index contributed by atoms with van der Waals surface area (Å²) in [6, 6.07) is 10.0. The van der Waals surface area contributed by atoms with Crippen LogP contribution in [0.1, 0.15) is 13.8 Å². The van der Waals surface area contributed by atoms with Gasteiger partial charge in [-0.1, -0.05) is 0 Å². The summed E-state index contributed by atoms with van der Waals surface area (Å²) in [5.74, 6) is -1.06. The van der Waals surface area contributed by atoms with Crippen molar-refractivity contribution in [1.82, 2.24) is 0 Å². The summed E-state index contributed by atoms with van der Waals surface area (Å²) in [5, 5.41) is 95.2. The Hall–Kier alpha value is -4.00. The van der Waals surface area contributed by atoms with Crippen LogP contribution in [0.3, 0.4) is 0 Å². The Balaban J connectivity index is 1.33. The first kappa shape index (κ1) is 41.6. The van der Waals surface area contributed by atoms with Crippen LogP contribution in [-0.4, -0.2) is 164 Å². The second kappa shape index (κ2) is 17.2. The zero-order chi connectivity index (χ0) is 40.6. The number of hydrogen-bond donors (Lipinski definition) is 9. The lowest BCUT2D eigenvalue weighted by atomic mass is 9.97. The van der Waals surface area contributed by atoms with Gasteiger partial charge in [0, 0.05) is 30.7 Å². The lowest BCUT2D eigenvalue weighted by Gasteiger charge is -2.47. The van der Waals surface area contributed by atoms with Gasteiger partial charge in [-0.3, -0.25) is 9.59 Å². The number of aliphatic hydroxyl groups excluding tert-OH is 8. The smallest absolute Gasteiger partial charge is 0.303 e. The van der Waals surface area contributed by atoms with Gasteiger partial charge in [0.05, 0.1) is 26.4 Å². The van der Waals surface area contributed by atoms with Gasteiger partial charge in [-0.2, -0.15) is 0 Å². The topological polar surface area (TPSA) is 303 Å². The van der Waals surface area contributed by atoms with E-state index in [2.05, 4.69) is 0 Å². The molecule has 3 aromatic rings. The van der Waals surface area contributed by atoms with Gasteiger partial charge in [-0.05, 0) is 31.2 Å². The number of hydrogen-bond acceptors (Lipinski definition) is 20. The molecule has 20 nitrogen and oxygen atoms in total. The van der Waals surface area contributed by atoms with E-state index in [4.69, 9.17) is 42.3 Å². The van der Waals surface area contributed by atoms with Gasteiger partial charge >= 0.3 is 5.97 Å². The van der Waals surface area contributed by atoms with Crippen molar-refractivity contribution in [3.05, 3.63) is 52.7 Å². The minimum atomic E-state index is -1.97. The molecule has 1 aromatic heterocycles. The lowest BCUT2D eigenvalue weighted by molar-refractivity contribution is -0.363. The molecule has 0 bridgehead atoms. The molecule has 0 spiro atoms. The highest BCUT2D eigenvalue weighted by Crippen LogP contribution is 2.36. The van der Waals surface area contributed by atoms with E-state index in [0.717, 1.165) is 13.0 Å². The van der Waals surface area contributed by atoms with E-state index in [1.54, 1.807) is 24.3 Å². The van der Waals surface area contributed by atoms with Crippen LogP contribution in [0.2, 0.25) is 0 Å². The van der Waals surface area contributed by atoms with Gasteiger partial charge in [0.25, 0.3) is 0 Å². The molecule has 3 aliphatic heterocycles. The van der Waals surface area contributed by atoms with Crippen LogP contribution in [0.15, 0.2) is 51.7 Å². The number of phenolic OH excluding ortho intramolecular Hbond substituents is 1. The minimum Gasteiger partial charge on any atom is -0.507 e. The number of aliphatic hydroxyl groups is 8. The molecule has 56 heavy (non-hydrogen) atoms. The maximum absolute atomic E-state index is 13.1. The largest absolute Gasteiger partial charge is 0.507 e. The number of carbonyl (C=O) groups is 1. The van der Waals surface area contributed by atoms with Gasteiger partial charge in [0.2, 0.25) is 6.29 Å². The Morgan fingerprint density at radius 2 is 1.41 bits per heavy atom. The number of rotatable bonds is 11. The Kier molecular flexibility index (Phi) is 12.8. The Morgan fingerprint density at radius 1 is 0.750 bits per heavy atom.